The number of ether oxygens (including phenoxy) is 1. The number of hydrogen-bond acceptors (Lipinski definition) is 3. The molecule has 1 atom stereocenters. The van der Waals surface area contributed by atoms with Crippen molar-refractivity contribution in [3.8, 4) is 5.75 Å². The SMILES string of the molecule is Cc1cccc(OCCNC(=O)CNC(C)c2cccc(Cl)c2)c1. The molecule has 0 fully saturated rings. The first-order valence-corrected chi connectivity index (χ1v) is 8.37. The minimum atomic E-state index is -0.0586. The van der Waals surface area contributed by atoms with Gasteiger partial charge in [0.15, 0.2) is 0 Å². The van der Waals surface area contributed by atoms with Gasteiger partial charge < -0.3 is 15.4 Å². The number of carbonyl (C=O) groups excluding carboxylic acids is 1. The molecule has 1 unspecified atom stereocenters. The molecule has 0 bridgehead atoms. The van der Waals surface area contributed by atoms with E-state index in [4.69, 9.17) is 16.3 Å². The summed E-state index contributed by atoms with van der Waals surface area (Å²) in [7, 11) is 0. The summed E-state index contributed by atoms with van der Waals surface area (Å²) in [5.74, 6) is 0.758. The summed E-state index contributed by atoms with van der Waals surface area (Å²) in [6, 6.07) is 15.5. The van der Waals surface area contributed by atoms with E-state index in [1.165, 1.54) is 0 Å². The summed E-state index contributed by atoms with van der Waals surface area (Å²) >= 11 is 5.98. The smallest absolute Gasteiger partial charge is 0.234 e. The first-order chi connectivity index (χ1) is 11.5. The normalized spacial score (nSPS) is 11.8. The van der Waals surface area contributed by atoms with Crippen LogP contribution in [0.4, 0.5) is 0 Å². The van der Waals surface area contributed by atoms with E-state index in [1.54, 1.807) is 0 Å². The van der Waals surface area contributed by atoms with Gasteiger partial charge in [0.05, 0.1) is 13.1 Å². The molecule has 0 spiro atoms. The molecule has 2 rings (SSSR count). The zero-order valence-corrected chi connectivity index (χ0v) is 14.8. The standard InChI is InChI=1S/C19H23ClN2O2/c1-14-5-3-8-18(11-14)24-10-9-21-19(23)13-22-15(2)16-6-4-7-17(20)12-16/h3-8,11-12,15,22H,9-10,13H2,1-2H3,(H,21,23). The highest BCUT2D eigenvalue weighted by Gasteiger charge is 2.07. The topological polar surface area (TPSA) is 50.4 Å². The second-order valence-electron chi connectivity index (χ2n) is 5.67. The molecule has 0 aliphatic heterocycles. The van der Waals surface area contributed by atoms with Crippen molar-refractivity contribution in [1.29, 1.82) is 0 Å². The number of benzene rings is 2. The van der Waals surface area contributed by atoms with E-state index in [-0.39, 0.29) is 18.5 Å². The quantitative estimate of drug-likeness (QED) is 0.719. The van der Waals surface area contributed by atoms with Crippen LogP contribution in [0.15, 0.2) is 48.5 Å². The van der Waals surface area contributed by atoms with E-state index in [9.17, 15) is 4.79 Å². The molecule has 24 heavy (non-hydrogen) atoms. The lowest BCUT2D eigenvalue weighted by Gasteiger charge is -2.14. The van der Waals surface area contributed by atoms with Crippen LogP contribution in [0.3, 0.4) is 0 Å². The molecule has 0 heterocycles. The summed E-state index contributed by atoms with van der Waals surface area (Å²) < 4.78 is 5.60. The van der Waals surface area contributed by atoms with Crippen molar-refractivity contribution >= 4 is 17.5 Å². The van der Waals surface area contributed by atoms with E-state index in [0.29, 0.717) is 18.2 Å². The third kappa shape index (κ3) is 6.22. The largest absolute Gasteiger partial charge is 0.492 e. The van der Waals surface area contributed by atoms with Crippen LogP contribution in [-0.2, 0) is 4.79 Å². The van der Waals surface area contributed by atoms with Crippen LogP contribution in [0, 0.1) is 6.92 Å². The van der Waals surface area contributed by atoms with Crippen molar-refractivity contribution < 1.29 is 9.53 Å². The van der Waals surface area contributed by atoms with Gasteiger partial charge in [-0.25, -0.2) is 0 Å². The molecule has 4 nitrogen and oxygen atoms in total. The molecular formula is C19H23ClN2O2. The molecular weight excluding hydrogens is 324 g/mol. The van der Waals surface area contributed by atoms with Crippen LogP contribution in [0.1, 0.15) is 24.1 Å². The van der Waals surface area contributed by atoms with Gasteiger partial charge >= 0.3 is 0 Å². The molecule has 128 valence electrons. The molecule has 0 radical (unpaired) electrons. The Bertz CT molecular complexity index is 676. The monoisotopic (exact) mass is 346 g/mol. The molecule has 0 saturated carbocycles. The second kappa shape index (κ2) is 9.30. The van der Waals surface area contributed by atoms with Crippen molar-refractivity contribution in [2.75, 3.05) is 19.7 Å². The Morgan fingerprint density at radius 3 is 2.75 bits per heavy atom. The van der Waals surface area contributed by atoms with Gasteiger partial charge in [0, 0.05) is 11.1 Å². The van der Waals surface area contributed by atoms with E-state index in [1.807, 2.05) is 62.4 Å². The minimum absolute atomic E-state index is 0.0537. The number of rotatable bonds is 8. The zero-order chi connectivity index (χ0) is 17.4. The highest BCUT2D eigenvalue weighted by atomic mass is 35.5. The van der Waals surface area contributed by atoms with Crippen LogP contribution in [0.5, 0.6) is 5.75 Å². The number of amides is 1. The van der Waals surface area contributed by atoms with E-state index in [2.05, 4.69) is 10.6 Å². The number of carbonyl (C=O) groups is 1. The molecule has 2 N–H and O–H groups in total. The van der Waals surface area contributed by atoms with Crippen molar-refractivity contribution in [1.82, 2.24) is 10.6 Å². The van der Waals surface area contributed by atoms with Gasteiger partial charge in [-0.15, -0.1) is 0 Å². The highest BCUT2D eigenvalue weighted by molar-refractivity contribution is 6.30. The summed E-state index contributed by atoms with van der Waals surface area (Å²) in [6.07, 6.45) is 0. The van der Waals surface area contributed by atoms with Crippen LogP contribution < -0.4 is 15.4 Å². The summed E-state index contributed by atoms with van der Waals surface area (Å²) in [5.41, 5.74) is 2.20. The fourth-order valence-corrected chi connectivity index (χ4v) is 2.47. The maximum absolute atomic E-state index is 11.9. The number of aryl methyl sites for hydroxylation is 1. The molecule has 0 aliphatic carbocycles. The molecule has 0 aliphatic rings. The first-order valence-electron chi connectivity index (χ1n) is 7.99. The average molecular weight is 347 g/mol. The second-order valence-corrected chi connectivity index (χ2v) is 6.11. The van der Waals surface area contributed by atoms with Crippen LogP contribution in [-0.4, -0.2) is 25.6 Å². The van der Waals surface area contributed by atoms with Gasteiger partial charge in [0.1, 0.15) is 12.4 Å². The van der Waals surface area contributed by atoms with Crippen molar-refractivity contribution in [3.63, 3.8) is 0 Å². The van der Waals surface area contributed by atoms with E-state index < -0.39 is 0 Å². The Kier molecular flexibility index (Phi) is 7.09. The fourth-order valence-electron chi connectivity index (χ4n) is 2.27. The lowest BCUT2D eigenvalue weighted by Crippen LogP contribution is -2.37. The Hall–Kier alpha value is -2.04. The Labute approximate surface area is 148 Å². The first kappa shape index (κ1) is 18.3. The summed E-state index contributed by atoms with van der Waals surface area (Å²) in [4.78, 5) is 11.9. The van der Waals surface area contributed by atoms with E-state index in [0.717, 1.165) is 16.9 Å². The zero-order valence-electron chi connectivity index (χ0n) is 14.0. The van der Waals surface area contributed by atoms with Gasteiger partial charge in [-0.1, -0.05) is 35.9 Å². The number of halogens is 1. The average Bonchev–Trinajstić information content (AvgIpc) is 2.56. The van der Waals surface area contributed by atoms with E-state index >= 15 is 0 Å². The Balaban J connectivity index is 1.64. The van der Waals surface area contributed by atoms with Crippen molar-refractivity contribution in [2.24, 2.45) is 0 Å². The van der Waals surface area contributed by atoms with Crippen LogP contribution in [0.2, 0.25) is 5.02 Å². The summed E-state index contributed by atoms with van der Waals surface area (Å²) in [5, 5.41) is 6.71. The highest BCUT2D eigenvalue weighted by Crippen LogP contribution is 2.17. The lowest BCUT2D eigenvalue weighted by atomic mass is 10.1. The number of hydrogen-bond donors (Lipinski definition) is 2. The molecule has 2 aromatic rings. The Morgan fingerprint density at radius 2 is 2.00 bits per heavy atom. The lowest BCUT2D eigenvalue weighted by molar-refractivity contribution is -0.120. The molecule has 0 saturated heterocycles. The maximum Gasteiger partial charge on any atom is 0.234 e. The van der Waals surface area contributed by atoms with Crippen LogP contribution >= 0.6 is 11.6 Å². The minimum Gasteiger partial charge on any atom is -0.492 e. The van der Waals surface area contributed by atoms with Gasteiger partial charge in [0.25, 0.3) is 0 Å². The molecule has 5 heteroatoms. The predicted octanol–water partition coefficient (Wildman–Crippen LogP) is 3.49. The van der Waals surface area contributed by atoms with Crippen molar-refractivity contribution in [3.05, 3.63) is 64.7 Å². The van der Waals surface area contributed by atoms with Gasteiger partial charge in [-0.05, 0) is 49.2 Å². The summed E-state index contributed by atoms with van der Waals surface area (Å²) in [6.45, 7) is 5.18. The van der Waals surface area contributed by atoms with Gasteiger partial charge in [0.2, 0.25) is 5.91 Å². The third-order valence-electron chi connectivity index (χ3n) is 3.60. The molecule has 0 aromatic heterocycles. The van der Waals surface area contributed by atoms with Crippen molar-refractivity contribution in [2.45, 2.75) is 19.9 Å². The predicted molar refractivity (Wildman–Crippen MR) is 97.6 cm³/mol. The molecule has 1 amide bonds. The van der Waals surface area contributed by atoms with Gasteiger partial charge in [-0.2, -0.15) is 0 Å². The molecule has 2 aromatic carbocycles. The maximum atomic E-state index is 11.9. The van der Waals surface area contributed by atoms with Gasteiger partial charge in [-0.3, -0.25) is 4.79 Å². The van der Waals surface area contributed by atoms with Crippen LogP contribution in [0.25, 0.3) is 0 Å². The fraction of sp³-hybridized carbons (Fsp3) is 0.316. The third-order valence-corrected chi connectivity index (χ3v) is 3.84. The number of nitrogens with one attached hydrogen (secondary N) is 2. The Morgan fingerprint density at radius 1 is 1.21 bits per heavy atom.